The van der Waals surface area contributed by atoms with Gasteiger partial charge in [-0.15, -0.1) is 0 Å². The normalized spacial score (nSPS) is 36.9. The fourth-order valence-corrected chi connectivity index (χ4v) is 5.22. The molecule has 0 spiro atoms. The predicted molar refractivity (Wildman–Crippen MR) is 93.0 cm³/mol. The van der Waals surface area contributed by atoms with Gasteiger partial charge in [0.05, 0.1) is 6.54 Å². The number of piperazine rings is 1. The highest BCUT2D eigenvalue weighted by Gasteiger charge is 2.38. The van der Waals surface area contributed by atoms with E-state index in [1.54, 1.807) is 4.90 Å². The number of hydrogen-bond acceptors (Lipinski definition) is 0. The standard InChI is InChI=1S/C19H25BrN2/c20-19-3-1-2-16(12-19)13-21-6-8-22(9-7-21)14-18-11-15-4-5-17(18)10-15/h1-5,12,15,17-18H,6-11,13-14H2/p+2/t15-,17+,18+/m1/s1. The predicted octanol–water partition coefficient (Wildman–Crippen LogP) is 0.945. The van der Waals surface area contributed by atoms with Gasteiger partial charge in [0.2, 0.25) is 0 Å². The molecule has 2 aliphatic carbocycles. The second-order valence-electron chi connectivity index (χ2n) is 7.55. The summed E-state index contributed by atoms with van der Waals surface area (Å²) in [6, 6.07) is 8.81. The topological polar surface area (TPSA) is 8.88 Å². The van der Waals surface area contributed by atoms with Crippen molar-refractivity contribution in [2.75, 3.05) is 32.7 Å². The van der Waals surface area contributed by atoms with Gasteiger partial charge in [0.1, 0.15) is 32.7 Å². The molecule has 1 aromatic rings. The lowest BCUT2D eigenvalue weighted by Gasteiger charge is -2.32. The molecular weight excluding hydrogens is 336 g/mol. The number of halogens is 1. The minimum absolute atomic E-state index is 0.921. The van der Waals surface area contributed by atoms with E-state index in [1.165, 1.54) is 62.1 Å². The Hall–Kier alpha value is -0.640. The molecule has 2 N–H and O–H groups in total. The maximum absolute atomic E-state index is 3.58. The van der Waals surface area contributed by atoms with Crippen LogP contribution in [-0.2, 0) is 6.54 Å². The first kappa shape index (κ1) is 14.9. The van der Waals surface area contributed by atoms with Crippen molar-refractivity contribution < 1.29 is 9.80 Å². The number of quaternary nitrogens is 2. The molecule has 2 bridgehead atoms. The average Bonchev–Trinajstić information content (AvgIpc) is 3.12. The van der Waals surface area contributed by atoms with E-state index in [2.05, 4.69) is 52.3 Å². The summed E-state index contributed by atoms with van der Waals surface area (Å²) in [4.78, 5) is 3.62. The number of rotatable bonds is 4. The summed E-state index contributed by atoms with van der Waals surface area (Å²) in [5, 5.41) is 0. The molecule has 0 radical (unpaired) electrons. The van der Waals surface area contributed by atoms with E-state index in [4.69, 9.17) is 0 Å². The highest BCUT2D eigenvalue weighted by atomic mass is 79.9. The molecule has 2 fully saturated rings. The summed E-state index contributed by atoms with van der Waals surface area (Å²) in [6.07, 6.45) is 7.90. The maximum Gasteiger partial charge on any atom is 0.127 e. The van der Waals surface area contributed by atoms with Crippen LogP contribution in [0.5, 0.6) is 0 Å². The van der Waals surface area contributed by atoms with Crippen LogP contribution in [0, 0.1) is 17.8 Å². The van der Waals surface area contributed by atoms with Gasteiger partial charge in [-0.3, -0.25) is 0 Å². The van der Waals surface area contributed by atoms with Gasteiger partial charge in [-0.2, -0.15) is 0 Å². The first-order valence-electron chi connectivity index (χ1n) is 8.86. The van der Waals surface area contributed by atoms with Gasteiger partial charge in [0.25, 0.3) is 0 Å². The Morgan fingerprint density at radius 2 is 1.82 bits per heavy atom. The fraction of sp³-hybridized carbons (Fsp3) is 0.579. The van der Waals surface area contributed by atoms with Gasteiger partial charge in [0, 0.05) is 16.0 Å². The lowest BCUT2D eigenvalue weighted by molar-refractivity contribution is -1.02. The Morgan fingerprint density at radius 3 is 2.50 bits per heavy atom. The van der Waals surface area contributed by atoms with Crippen LogP contribution in [0.25, 0.3) is 0 Å². The molecule has 1 aromatic carbocycles. The second-order valence-corrected chi connectivity index (χ2v) is 8.47. The van der Waals surface area contributed by atoms with Crippen molar-refractivity contribution in [2.24, 2.45) is 17.8 Å². The van der Waals surface area contributed by atoms with Crippen molar-refractivity contribution in [1.29, 1.82) is 0 Å². The van der Waals surface area contributed by atoms with Crippen LogP contribution in [0.3, 0.4) is 0 Å². The molecule has 1 heterocycles. The van der Waals surface area contributed by atoms with Gasteiger partial charge < -0.3 is 9.80 Å². The number of allylic oxidation sites excluding steroid dienone is 2. The molecule has 3 aliphatic rings. The smallest absolute Gasteiger partial charge is 0.127 e. The highest BCUT2D eigenvalue weighted by Crippen LogP contribution is 2.42. The van der Waals surface area contributed by atoms with Gasteiger partial charge in [0.15, 0.2) is 0 Å². The van der Waals surface area contributed by atoms with Crippen LogP contribution in [0.1, 0.15) is 18.4 Å². The Kier molecular flexibility index (Phi) is 4.38. The zero-order chi connectivity index (χ0) is 14.9. The Labute approximate surface area is 142 Å². The van der Waals surface area contributed by atoms with E-state index in [1.807, 2.05) is 4.90 Å². The van der Waals surface area contributed by atoms with E-state index >= 15 is 0 Å². The molecule has 1 aliphatic heterocycles. The lowest BCUT2D eigenvalue weighted by Crippen LogP contribution is -3.27. The molecule has 118 valence electrons. The number of fused-ring (bicyclic) bond motifs is 2. The van der Waals surface area contributed by atoms with Crippen LogP contribution < -0.4 is 9.80 Å². The van der Waals surface area contributed by atoms with Crippen LogP contribution >= 0.6 is 15.9 Å². The molecule has 0 unspecified atom stereocenters. The van der Waals surface area contributed by atoms with Crippen LogP contribution in [0.15, 0.2) is 40.9 Å². The molecule has 2 nitrogen and oxygen atoms in total. The zero-order valence-corrected chi connectivity index (χ0v) is 14.8. The monoisotopic (exact) mass is 362 g/mol. The van der Waals surface area contributed by atoms with Crippen LogP contribution in [0.4, 0.5) is 0 Å². The summed E-state index contributed by atoms with van der Waals surface area (Å²) in [5.74, 6) is 2.83. The van der Waals surface area contributed by atoms with E-state index in [-0.39, 0.29) is 0 Å². The molecule has 4 rings (SSSR count). The van der Waals surface area contributed by atoms with Crippen LogP contribution in [0.2, 0.25) is 0 Å². The largest absolute Gasteiger partial charge is 0.325 e. The number of hydrogen-bond donors (Lipinski definition) is 2. The number of benzene rings is 1. The SMILES string of the molecule is Brc1cccc(C[NH+]2CC[NH+](C[C@@H]3C[C@@H]4C=C[C@H]3C4)CC2)c1. The summed E-state index contributed by atoms with van der Waals surface area (Å²) in [5.41, 5.74) is 1.46. The molecule has 22 heavy (non-hydrogen) atoms. The third-order valence-corrected chi connectivity index (χ3v) is 6.47. The minimum atomic E-state index is 0.921. The molecule has 1 saturated heterocycles. The molecule has 1 saturated carbocycles. The van der Waals surface area contributed by atoms with E-state index in [0.29, 0.717) is 0 Å². The third kappa shape index (κ3) is 3.32. The zero-order valence-electron chi connectivity index (χ0n) is 13.2. The van der Waals surface area contributed by atoms with E-state index < -0.39 is 0 Å². The summed E-state index contributed by atoms with van der Waals surface area (Å²) in [6.45, 7) is 8.00. The quantitative estimate of drug-likeness (QED) is 0.737. The number of nitrogens with one attached hydrogen (secondary N) is 2. The van der Waals surface area contributed by atoms with Crippen molar-refractivity contribution in [2.45, 2.75) is 19.4 Å². The van der Waals surface area contributed by atoms with Gasteiger partial charge >= 0.3 is 0 Å². The Balaban J connectivity index is 1.25. The van der Waals surface area contributed by atoms with Gasteiger partial charge in [-0.1, -0.05) is 40.2 Å². The van der Waals surface area contributed by atoms with Gasteiger partial charge in [-0.25, -0.2) is 0 Å². The highest BCUT2D eigenvalue weighted by molar-refractivity contribution is 9.10. The summed E-state index contributed by atoms with van der Waals surface area (Å²) < 4.78 is 1.21. The van der Waals surface area contributed by atoms with Crippen molar-refractivity contribution in [3.8, 4) is 0 Å². The maximum atomic E-state index is 3.58. The molecule has 0 aromatic heterocycles. The summed E-state index contributed by atoms with van der Waals surface area (Å²) >= 11 is 3.58. The average molecular weight is 363 g/mol. The first-order chi connectivity index (χ1) is 10.8. The fourth-order valence-electron chi connectivity index (χ4n) is 4.77. The van der Waals surface area contributed by atoms with Crippen molar-refractivity contribution >= 4 is 15.9 Å². The van der Waals surface area contributed by atoms with Crippen LogP contribution in [-0.4, -0.2) is 32.7 Å². The lowest BCUT2D eigenvalue weighted by atomic mass is 9.93. The van der Waals surface area contributed by atoms with Crippen molar-refractivity contribution in [1.82, 2.24) is 0 Å². The van der Waals surface area contributed by atoms with Gasteiger partial charge in [-0.05, 0) is 36.8 Å². The van der Waals surface area contributed by atoms with E-state index in [0.717, 1.165) is 17.8 Å². The van der Waals surface area contributed by atoms with Crippen molar-refractivity contribution in [3.63, 3.8) is 0 Å². The molecule has 3 atom stereocenters. The summed E-state index contributed by atoms with van der Waals surface area (Å²) in [7, 11) is 0. The second kappa shape index (κ2) is 6.46. The Morgan fingerprint density at radius 1 is 1.00 bits per heavy atom. The van der Waals surface area contributed by atoms with E-state index in [9.17, 15) is 0 Å². The molecule has 3 heteroatoms. The Bertz CT molecular complexity index is 548. The van der Waals surface area contributed by atoms with Crippen molar-refractivity contribution in [3.05, 3.63) is 46.5 Å². The minimum Gasteiger partial charge on any atom is -0.325 e. The first-order valence-corrected chi connectivity index (χ1v) is 9.65. The molecule has 0 amide bonds. The molecular formula is C19H27BrN2+2. The third-order valence-electron chi connectivity index (χ3n) is 5.97.